The van der Waals surface area contributed by atoms with Gasteiger partial charge in [-0.1, -0.05) is 24.3 Å². The molecule has 1 aromatic heterocycles. The molecule has 0 saturated carbocycles. The Morgan fingerprint density at radius 1 is 1.22 bits per heavy atom. The predicted molar refractivity (Wildman–Crippen MR) is 128 cm³/mol. The maximum Gasteiger partial charge on any atom is 0.407 e. The van der Waals surface area contributed by atoms with Crippen molar-refractivity contribution in [1.82, 2.24) is 20.2 Å². The normalized spacial score (nSPS) is 19.6. The largest absolute Gasteiger partial charge is 0.465 e. The van der Waals surface area contributed by atoms with Crippen LogP contribution in [0.25, 0.3) is 22.4 Å². The lowest BCUT2D eigenvalue weighted by Crippen LogP contribution is -2.33. The number of hydrogen-bond donors (Lipinski definition) is 3. The first-order valence-electron chi connectivity index (χ1n) is 11.7. The number of aromatic amines is 1. The Bertz CT molecular complexity index is 1260. The molecule has 10 nitrogen and oxygen atoms in total. The van der Waals surface area contributed by atoms with E-state index >= 15 is 0 Å². The van der Waals surface area contributed by atoms with E-state index in [1.165, 1.54) is 23.0 Å². The molecule has 0 radical (unpaired) electrons. The summed E-state index contributed by atoms with van der Waals surface area (Å²) in [6.45, 7) is 2.58. The summed E-state index contributed by atoms with van der Waals surface area (Å²) in [5.74, 6) is 0.0566. The average Bonchev–Trinajstić information content (AvgIpc) is 3.63. The van der Waals surface area contributed by atoms with Crippen LogP contribution in [0.3, 0.4) is 0 Å². The van der Waals surface area contributed by atoms with Gasteiger partial charge in [0.2, 0.25) is 5.91 Å². The summed E-state index contributed by atoms with van der Waals surface area (Å²) in [6.07, 6.45) is 1.93. The maximum absolute atomic E-state index is 15.0. The monoisotopic (exact) mass is 495 g/mol. The lowest BCUT2D eigenvalue weighted by molar-refractivity contribution is -0.281. The molecule has 2 aromatic carbocycles. The lowest BCUT2D eigenvalue weighted by Gasteiger charge is -2.19. The number of imidazole rings is 1. The Hall–Kier alpha value is -3.96. The summed E-state index contributed by atoms with van der Waals surface area (Å²) >= 11 is 0. The summed E-state index contributed by atoms with van der Waals surface area (Å²) in [4.78, 5) is 41.9. The van der Waals surface area contributed by atoms with Crippen LogP contribution < -0.4 is 10.4 Å². The zero-order chi connectivity index (χ0) is 25.2. The molecule has 0 spiro atoms. The molecule has 11 heteroatoms. The molecule has 2 aliphatic heterocycles. The minimum Gasteiger partial charge on any atom is -0.465 e. The van der Waals surface area contributed by atoms with Gasteiger partial charge >= 0.3 is 6.09 Å². The fourth-order valence-corrected chi connectivity index (χ4v) is 4.52. The molecular weight excluding hydrogens is 469 g/mol. The van der Waals surface area contributed by atoms with Crippen molar-refractivity contribution in [3.63, 3.8) is 0 Å². The molecule has 0 unspecified atom stereocenters. The number of carbonyl (C=O) groups excluding carboxylic acids is 1. The van der Waals surface area contributed by atoms with Crippen molar-refractivity contribution < 1.29 is 29.0 Å². The van der Waals surface area contributed by atoms with Crippen LogP contribution in [0.2, 0.25) is 0 Å². The van der Waals surface area contributed by atoms with Crippen LogP contribution in [0.15, 0.2) is 48.7 Å². The molecule has 2 saturated heterocycles. The van der Waals surface area contributed by atoms with Gasteiger partial charge in [0.05, 0.1) is 30.2 Å². The zero-order valence-corrected chi connectivity index (χ0v) is 19.6. The molecule has 3 N–H and O–H groups in total. The van der Waals surface area contributed by atoms with E-state index in [4.69, 9.17) is 9.88 Å². The molecule has 2 atom stereocenters. The number of rotatable bonds is 6. The van der Waals surface area contributed by atoms with E-state index in [1.807, 2.05) is 24.3 Å². The third-order valence-electron chi connectivity index (χ3n) is 6.37. The van der Waals surface area contributed by atoms with Gasteiger partial charge in [-0.25, -0.2) is 24.1 Å². The van der Waals surface area contributed by atoms with E-state index in [0.29, 0.717) is 42.3 Å². The van der Waals surface area contributed by atoms with Crippen molar-refractivity contribution in [3.05, 3.63) is 60.3 Å². The van der Waals surface area contributed by atoms with Crippen LogP contribution in [-0.2, 0) is 14.7 Å². The Morgan fingerprint density at radius 3 is 2.72 bits per heavy atom. The fourth-order valence-electron chi connectivity index (χ4n) is 4.52. The molecule has 2 amide bonds. The van der Waals surface area contributed by atoms with Gasteiger partial charge in [0.15, 0.2) is 0 Å². The van der Waals surface area contributed by atoms with Crippen molar-refractivity contribution in [2.75, 3.05) is 24.7 Å². The molecule has 3 heterocycles. The zero-order valence-electron chi connectivity index (χ0n) is 19.6. The van der Waals surface area contributed by atoms with Crippen LogP contribution in [0.5, 0.6) is 0 Å². The van der Waals surface area contributed by atoms with E-state index in [9.17, 15) is 19.1 Å². The summed E-state index contributed by atoms with van der Waals surface area (Å²) in [7, 11) is 0. The van der Waals surface area contributed by atoms with Gasteiger partial charge in [-0.05, 0) is 36.1 Å². The first-order valence-corrected chi connectivity index (χ1v) is 11.7. The summed E-state index contributed by atoms with van der Waals surface area (Å²) < 4.78 is 15.0. The number of hydroxylamine groups is 1. The van der Waals surface area contributed by atoms with E-state index < -0.39 is 11.9 Å². The number of anilines is 1. The van der Waals surface area contributed by atoms with Gasteiger partial charge in [0.1, 0.15) is 17.7 Å². The highest BCUT2D eigenvalue weighted by atomic mass is 19.1. The second-order valence-electron chi connectivity index (χ2n) is 8.85. The molecule has 36 heavy (non-hydrogen) atoms. The minimum absolute atomic E-state index is 0.162. The fraction of sp³-hybridized carbons (Fsp3) is 0.320. The van der Waals surface area contributed by atoms with Gasteiger partial charge in [0.25, 0.3) is 0 Å². The van der Waals surface area contributed by atoms with Crippen molar-refractivity contribution in [2.24, 2.45) is 0 Å². The average molecular weight is 496 g/mol. The van der Waals surface area contributed by atoms with Crippen molar-refractivity contribution in [3.8, 4) is 22.4 Å². The maximum atomic E-state index is 15.0. The minimum atomic E-state index is -0.943. The molecule has 0 bridgehead atoms. The third kappa shape index (κ3) is 4.88. The van der Waals surface area contributed by atoms with E-state index in [0.717, 1.165) is 24.1 Å². The second kappa shape index (κ2) is 9.96. The highest BCUT2D eigenvalue weighted by Gasteiger charge is 2.32. The van der Waals surface area contributed by atoms with Crippen molar-refractivity contribution in [1.29, 1.82) is 0 Å². The van der Waals surface area contributed by atoms with Gasteiger partial charge in [-0.2, -0.15) is 0 Å². The summed E-state index contributed by atoms with van der Waals surface area (Å²) in [5.41, 5.74) is 3.28. The predicted octanol–water partition coefficient (Wildman–Crippen LogP) is 3.89. The number of amides is 2. The lowest BCUT2D eigenvalue weighted by atomic mass is 10.0. The number of likely N-dealkylation sites (tertiary alicyclic amines) is 1. The standard InChI is InChI=1S/C25H26FN5O5/c1-15(32)27-12-19-14-31(36-35-19)18-8-9-20(21(26)11-18)16-4-6-17(7-5-16)22-13-28-24(29-22)23-3-2-10-30(23)25(33)34/h4-9,11,13,19,23H,2-3,10,12,14H2,1H3,(H,27,32)(H,28,29)(H,33,34)/t19-,23-/m0/s1. The van der Waals surface area contributed by atoms with Crippen LogP contribution in [0.4, 0.5) is 14.9 Å². The van der Waals surface area contributed by atoms with Gasteiger partial charge < -0.3 is 15.4 Å². The molecule has 188 valence electrons. The summed E-state index contributed by atoms with van der Waals surface area (Å²) in [6, 6.07) is 11.9. The Morgan fingerprint density at radius 2 is 2.00 bits per heavy atom. The number of halogens is 1. The highest BCUT2D eigenvalue weighted by molar-refractivity contribution is 5.73. The van der Waals surface area contributed by atoms with Gasteiger partial charge in [0, 0.05) is 31.6 Å². The van der Waals surface area contributed by atoms with E-state index in [1.54, 1.807) is 18.3 Å². The number of hydrogen-bond acceptors (Lipinski definition) is 6. The van der Waals surface area contributed by atoms with E-state index in [2.05, 4.69) is 15.3 Å². The number of aromatic nitrogens is 2. The molecule has 2 fully saturated rings. The first-order chi connectivity index (χ1) is 17.4. The smallest absolute Gasteiger partial charge is 0.407 e. The number of nitrogens with one attached hydrogen (secondary N) is 2. The second-order valence-corrected chi connectivity index (χ2v) is 8.85. The molecule has 2 aliphatic rings. The number of nitrogens with zero attached hydrogens (tertiary/aromatic N) is 3. The molecular formula is C25H26FN5O5. The van der Waals surface area contributed by atoms with E-state index in [-0.39, 0.29) is 18.1 Å². The van der Waals surface area contributed by atoms with Gasteiger partial charge in [-0.3, -0.25) is 9.69 Å². The number of H-pyrrole nitrogens is 1. The van der Waals surface area contributed by atoms with Crippen LogP contribution in [0, 0.1) is 5.82 Å². The Labute approximate surface area is 206 Å². The number of carbonyl (C=O) groups is 2. The Kier molecular flexibility index (Phi) is 6.57. The topological polar surface area (TPSA) is 120 Å². The highest BCUT2D eigenvalue weighted by Crippen LogP contribution is 2.33. The number of carboxylic acid groups (broad SMARTS) is 1. The molecule has 3 aromatic rings. The Balaban J connectivity index is 1.27. The van der Waals surface area contributed by atoms with Crippen molar-refractivity contribution in [2.45, 2.75) is 31.9 Å². The van der Waals surface area contributed by atoms with Crippen molar-refractivity contribution >= 4 is 17.7 Å². The third-order valence-corrected chi connectivity index (χ3v) is 6.37. The van der Waals surface area contributed by atoms with Crippen LogP contribution in [-0.4, -0.2) is 57.7 Å². The number of benzene rings is 2. The van der Waals surface area contributed by atoms with Crippen LogP contribution in [0.1, 0.15) is 31.6 Å². The molecule has 0 aliphatic carbocycles. The quantitative estimate of drug-likeness (QED) is 0.444. The SMILES string of the molecule is CC(=O)NC[C@H]1CN(c2ccc(-c3ccc(-c4cnc([C@@H]5CCCN5C(=O)O)[nH]4)cc3)c(F)c2)OO1. The summed E-state index contributed by atoms with van der Waals surface area (Å²) in [5, 5.41) is 13.5. The van der Waals surface area contributed by atoms with Gasteiger partial charge in [-0.15, -0.1) is 4.99 Å². The van der Waals surface area contributed by atoms with Crippen LogP contribution >= 0.6 is 0 Å². The first kappa shape index (κ1) is 23.8. The molecule has 5 rings (SSSR count).